The third-order valence-electron chi connectivity index (χ3n) is 16.9. The van der Waals surface area contributed by atoms with Gasteiger partial charge in [0.25, 0.3) is 0 Å². The van der Waals surface area contributed by atoms with Crippen LogP contribution in [0.2, 0.25) is 5.02 Å². The Kier molecular flexibility index (Phi) is 15.9. The van der Waals surface area contributed by atoms with E-state index in [1.54, 1.807) is 23.3 Å². The van der Waals surface area contributed by atoms with Crippen molar-refractivity contribution in [1.29, 1.82) is 0 Å². The second kappa shape index (κ2) is 23.7. The van der Waals surface area contributed by atoms with Gasteiger partial charge in [0.15, 0.2) is 5.75 Å². The van der Waals surface area contributed by atoms with E-state index < -0.39 is 6.04 Å². The summed E-state index contributed by atoms with van der Waals surface area (Å²) in [5, 5.41) is 34.1. The van der Waals surface area contributed by atoms with Gasteiger partial charge in [-0.25, -0.2) is 9.07 Å². The van der Waals surface area contributed by atoms with Crippen LogP contribution in [-0.4, -0.2) is 126 Å². The lowest BCUT2D eigenvalue weighted by Crippen LogP contribution is -2.44. The molecule has 1 aliphatic carbocycles. The Morgan fingerprint density at radius 2 is 1.78 bits per heavy atom. The number of ether oxygens (including phenoxy) is 3. The number of aromatic amines is 1. The average molecular weight is 1130 g/mol. The van der Waals surface area contributed by atoms with Crippen molar-refractivity contribution in [2.24, 2.45) is 5.92 Å². The molecule has 13 rings (SSSR count). The van der Waals surface area contributed by atoms with Crippen molar-refractivity contribution < 1.29 is 33.3 Å². The van der Waals surface area contributed by atoms with Gasteiger partial charge in [0.05, 0.1) is 48.8 Å². The van der Waals surface area contributed by atoms with Crippen molar-refractivity contribution in [3.63, 3.8) is 0 Å². The minimum atomic E-state index is -0.427. The van der Waals surface area contributed by atoms with Crippen molar-refractivity contribution in [2.75, 3.05) is 44.4 Å². The van der Waals surface area contributed by atoms with Crippen molar-refractivity contribution in [1.82, 2.24) is 55.7 Å². The lowest BCUT2D eigenvalue weighted by molar-refractivity contribution is -0.137. The number of aromatic nitrogens is 8. The molecule has 5 atom stereocenters. The van der Waals surface area contributed by atoms with Crippen molar-refractivity contribution in [3.8, 4) is 45.3 Å². The normalized spacial score (nSPS) is 19.6. The summed E-state index contributed by atoms with van der Waals surface area (Å²) >= 11 is 6.08. The lowest BCUT2D eigenvalue weighted by Gasteiger charge is -2.31. The summed E-state index contributed by atoms with van der Waals surface area (Å²) in [7, 11) is 0. The van der Waals surface area contributed by atoms with E-state index >= 15 is 4.39 Å². The number of fused-ring (bicyclic) bond motifs is 4. The first-order valence-corrected chi connectivity index (χ1v) is 29.0. The van der Waals surface area contributed by atoms with Crippen LogP contribution in [0.5, 0.6) is 11.8 Å². The van der Waals surface area contributed by atoms with E-state index in [9.17, 15) is 14.7 Å². The summed E-state index contributed by atoms with van der Waals surface area (Å²) in [5.74, 6) is 1.54. The van der Waals surface area contributed by atoms with Gasteiger partial charge < -0.3 is 39.8 Å². The zero-order valence-corrected chi connectivity index (χ0v) is 47.3. The van der Waals surface area contributed by atoms with E-state index in [1.807, 2.05) is 72.6 Å². The number of H-pyrrole nitrogens is 1. The van der Waals surface area contributed by atoms with E-state index in [1.165, 1.54) is 6.07 Å². The number of hydrogen-bond acceptors (Lipinski definition) is 14. The van der Waals surface area contributed by atoms with E-state index in [4.69, 9.17) is 35.8 Å². The average Bonchev–Trinajstić information content (AvgIpc) is 4.08. The number of carbonyl (C=O) groups is 2. The molecule has 5 unspecified atom stereocenters. The first-order chi connectivity index (χ1) is 39.9. The maximum absolute atomic E-state index is 16.0. The molecule has 8 heterocycles. The van der Waals surface area contributed by atoms with Gasteiger partial charge in [-0.2, -0.15) is 15.1 Å². The van der Waals surface area contributed by atoms with Crippen LogP contribution in [0, 0.1) is 18.7 Å². The Labute approximate surface area is 480 Å². The largest absolute Gasteiger partial charge is 0.486 e. The maximum atomic E-state index is 16.0. The van der Waals surface area contributed by atoms with Crippen LogP contribution in [0.25, 0.3) is 55.3 Å². The van der Waals surface area contributed by atoms with Crippen LogP contribution < -0.4 is 25.0 Å². The maximum Gasteiger partial charge on any atom is 0.319 e. The van der Waals surface area contributed by atoms with Crippen molar-refractivity contribution in [2.45, 2.75) is 121 Å². The standard InChI is InChI=1S/C48H55FN10O4.C14H13ClN2O2/c1-26(2)44(47(60)57-15-5-6-27(57)3)59-24-40(55-56-59)31-9-7-29(8-10-31)25-62-45-42(41-28(4)38(49)20-39-37(41)22-51-54-39)35(30-11-12-30)19-36-43(45)52-48(63-34-13-16-61-17-14-34)53-46(36)58-23-32-18-33(58)21-50-32;15-13-7-16-6-5-12(13)10-1-3-11(4-2-10)14(8-18)17-9-19/h7-10,19-20,22,24,26-27,30,32-34,44,50H,5-6,11-18,21,23,25H2,1-4H3,(H,51,54);1-7,9,14,18H,8H2,(H,17,19). The Bertz CT molecular complexity index is 3610. The fraction of sp³-hybridized carbons (Fsp3) is 0.419. The smallest absolute Gasteiger partial charge is 0.319 e. The van der Waals surface area contributed by atoms with Gasteiger partial charge in [0, 0.05) is 96.0 Å². The molecule has 4 aliphatic heterocycles. The highest BCUT2D eigenvalue weighted by Crippen LogP contribution is 2.53. The molecule has 2 bridgehead atoms. The number of aliphatic hydroxyl groups is 1. The molecule has 426 valence electrons. The zero-order valence-electron chi connectivity index (χ0n) is 46.5. The molecule has 0 spiro atoms. The number of benzene rings is 4. The number of aliphatic hydroxyl groups excluding tert-OH is 1. The van der Waals surface area contributed by atoms with Gasteiger partial charge >= 0.3 is 6.01 Å². The third kappa shape index (κ3) is 11.1. The Morgan fingerprint density at radius 1 is 0.988 bits per heavy atom. The highest BCUT2D eigenvalue weighted by molar-refractivity contribution is 6.33. The number of pyridine rings is 1. The molecule has 4 aromatic heterocycles. The Morgan fingerprint density at radius 3 is 2.46 bits per heavy atom. The van der Waals surface area contributed by atoms with Gasteiger partial charge in [-0.05, 0) is 104 Å². The van der Waals surface area contributed by atoms with Crippen LogP contribution in [0.3, 0.4) is 0 Å². The number of nitrogens with one attached hydrogen (secondary N) is 3. The topological polar surface area (TPSA) is 211 Å². The molecule has 20 heteroatoms. The number of halogens is 2. The summed E-state index contributed by atoms with van der Waals surface area (Å²) in [6, 6.07) is 21.6. The summed E-state index contributed by atoms with van der Waals surface area (Å²) in [4.78, 5) is 42.9. The van der Waals surface area contributed by atoms with E-state index in [2.05, 4.69) is 67.9 Å². The Balaban J connectivity index is 0.000000298. The molecule has 2 amide bonds. The molecular formula is C62H68ClFN12O6. The molecule has 4 aromatic carbocycles. The molecule has 1 saturated carbocycles. The molecule has 18 nitrogen and oxygen atoms in total. The first kappa shape index (κ1) is 55.0. The van der Waals surface area contributed by atoms with Crippen LogP contribution in [0.1, 0.15) is 106 Å². The number of nitrogens with zero attached hydrogens (tertiary/aromatic N) is 9. The number of anilines is 1. The molecule has 82 heavy (non-hydrogen) atoms. The predicted octanol–water partition coefficient (Wildman–Crippen LogP) is 9.83. The monoisotopic (exact) mass is 1130 g/mol. The molecule has 0 radical (unpaired) electrons. The van der Waals surface area contributed by atoms with E-state index in [0.717, 1.165) is 126 Å². The molecule has 8 aromatic rings. The summed E-state index contributed by atoms with van der Waals surface area (Å²) in [6.07, 6.45) is 14.1. The van der Waals surface area contributed by atoms with Crippen LogP contribution >= 0.6 is 11.6 Å². The lowest BCUT2D eigenvalue weighted by atomic mass is 9.88. The fourth-order valence-electron chi connectivity index (χ4n) is 12.3. The van der Waals surface area contributed by atoms with Gasteiger partial charge in [-0.1, -0.05) is 79.2 Å². The summed E-state index contributed by atoms with van der Waals surface area (Å²) < 4.78 is 37.1. The zero-order chi connectivity index (χ0) is 56.6. The quantitative estimate of drug-likeness (QED) is 0.0626. The van der Waals surface area contributed by atoms with Gasteiger partial charge in [0.1, 0.15) is 41.6 Å². The molecule has 4 N–H and O–H groups in total. The number of piperazine rings is 1. The molecule has 5 aliphatic rings. The SMILES string of the molecule is Cc1c(F)cc2[nH]ncc2c1-c1c(C2CC2)cc2c(N3CC4CC3CN4)nc(OC3CCOCC3)nc2c1OCc1ccc(-c2cn(C(C(=O)N3CCCC3C)C(C)C)nn2)cc1.O=CNC(CO)c1ccc(-c2ccncc2Cl)cc1. The second-order valence-corrected chi connectivity index (χ2v) is 23.1. The van der Waals surface area contributed by atoms with Gasteiger partial charge in [-0.15, -0.1) is 5.10 Å². The minimum absolute atomic E-state index is 0.0490. The van der Waals surface area contributed by atoms with Crippen LogP contribution in [-0.2, 0) is 20.9 Å². The summed E-state index contributed by atoms with van der Waals surface area (Å²) in [5.41, 5.74) is 9.69. The fourth-order valence-corrected chi connectivity index (χ4v) is 12.5. The second-order valence-electron chi connectivity index (χ2n) is 22.7. The van der Waals surface area contributed by atoms with E-state index in [-0.39, 0.29) is 55.0 Å². The van der Waals surface area contributed by atoms with Crippen molar-refractivity contribution >= 4 is 51.5 Å². The molecule has 4 saturated heterocycles. The highest BCUT2D eigenvalue weighted by Gasteiger charge is 2.41. The number of amides is 2. The Hall–Kier alpha value is -7.58. The third-order valence-corrected chi connectivity index (χ3v) is 17.2. The van der Waals surface area contributed by atoms with Gasteiger partial charge in [0.2, 0.25) is 12.3 Å². The van der Waals surface area contributed by atoms with Crippen molar-refractivity contribution in [3.05, 3.63) is 125 Å². The van der Waals surface area contributed by atoms with E-state index in [0.29, 0.717) is 70.8 Å². The van der Waals surface area contributed by atoms with Crippen LogP contribution in [0.4, 0.5) is 10.2 Å². The number of likely N-dealkylation sites (tertiary alicyclic amines) is 1. The number of carbonyl (C=O) groups excluding carboxylic acids is 2. The first-order valence-electron chi connectivity index (χ1n) is 28.6. The highest BCUT2D eigenvalue weighted by atomic mass is 35.5. The summed E-state index contributed by atoms with van der Waals surface area (Å²) in [6.45, 7) is 11.9. The minimum Gasteiger partial charge on any atom is -0.486 e. The predicted molar refractivity (Wildman–Crippen MR) is 311 cm³/mol. The van der Waals surface area contributed by atoms with Crippen LogP contribution in [0.15, 0.2) is 91.5 Å². The number of rotatable bonds is 17. The molecule has 5 fully saturated rings. The number of hydrogen-bond donors (Lipinski definition) is 4. The molecular weight excluding hydrogens is 1060 g/mol. The van der Waals surface area contributed by atoms with Gasteiger partial charge in [-0.3, -0.25) is 19.7 Å².